The van der Waals surface area contributed by atoms with Crippen LogP contribution in [0.25, 0.3) is 88.9 Å². The molecule has 0 unspecified atom stereocenters. The van der Waals surface area contributed by atoms with Crippen LogP contribution in [0.2, 0.25) is 0 Å². The van der Waals surface area contributed by atoms with Gasteiger partial charge in [0.15, 0.2) is 0 Å². The van der Waals surface area contributed by atoms with Gasteiger partial charge >= 0.3 is 0 Å². The molecular weight excluding hydrogens is 508 g/mol. The van der Waals surface area contributed by atoms with Crippen molar-refractivity contribution in [2.24, 2.45) is 0 Å². The molecule has 0 aliphatic heterocycles. The monoisotopic (exact) mass is 532 g/mol. The first-order valence-electron chi connectivity index (χ1n) is 14.3. The second kappa shape index (κ2) is 8.95. The second-order valence-corrected chi connectivity index (χ2v) is 11.1. The molecule has 194 valence electrons. The van der Waals surface area contributed by atoms with Crippen LogP contribution in [-0.2, 0) is 0 Å². The van der Waals surface area contributed by atoms with Gasteiger partial charge in [-0.15, -0.1) is 0 Å². The highest BCUT2D eigenvalue weighted by Crippen LogP contribution is 2.37. The van der Waals surface area contributed by atoms with Crippen LogP contribution in [0.1, 0.15) is 22.5 Å². The molecule has 0 saturated carbocycles. The van der Waals surface area contributed by atoms with Gasteiger partial charge in [-0.3, -0.25) is 9.97 Å². The van der Waals surface area contributed by atoms with E-state index >= 15 is 0 Å². The summed E-state index contributed by atoms with van der Waals surface area (Å²) in [5.74, 6) is 0. The third-order valence-corrected chi connectivity index (χ3v) is 8.68. The van der Waals surface area contributed by atoms with Crippen molar-refractivity contribution in [2.45, 2.75) is 0 Å². The van der Waals surface area contributed by atoms with E-state index in [1.165, 1.54) is 75.8 Å². The molecule has 0 spiro atoms. The molecule has 9 aromatic rings. The zero-order valence-electron chi connectivity index (χ0n) is 22.8. The Morgan fingerprint density at radius 2 is 0.690 bits per heavy atom. The van der Waals surface area contributed by atoms with Crippen LogP contribution >= 0.6 is 0 Å². The summed E-state index contributed by atoms with van der Waals surface area (Å²) in [7, 11) is 0. The van der Waals surface area contributed by atoms with E-state index in [0.717, 1.165) is 11.4 Å². The predicted molar refractivity (Wildman–Crippen MR) is 180 cm³/mol. The molecule has 0 aliphatic carbocycles. The Labute approximate surface area is 242 Å². The maximum absolute atomic E-state index is 4.70. The van der Waals surface area contributed by atoms with E-state index in [0.29, 0.717) is 0 Å². The number of aromatic nitrogens is 2. The summed E-state index contributed by atoms with van der Waals surface area (Å²) in [4.78, 5) is 9.39. The van der Waals surface area contributed by atoms with E-state index in [9.17, 15) is 0 Å². The van der Waals surface area contributed by atoms with Gasteiger partial charge in [0.25, 0.3) is 0 Å². The second-order valence-electron chi connectivity index (χ2n) is 11.1. The highest BCUT2D eigenvalue weighted by molar-refractivity contribution is 6.25. The van der Waals surface area contributed by atoms with Crippen molar-refractivity contribution in [1.82, 2.24) is 9.97 Å². The summed E-state index contributed by atoms with van der Waals surface area (Å²) in [6, 6.07) is 39.7. The summed E-state index contributed by atoms with van der Waals surface area (Å²) in [6.45, 7) is 0. The molecule has 0 saturated heterocycles. The van der Waals surface area contributed by atoms with Crippen LogP contribution in [0.4, 0.5) is 0 Å². The summed E-state index contributed by atoms with van der Waals surface area (Å²) in [5.41, 5.74) is 4.03. The van der Waals surface area contributed by atoms with Crippen molar-refractivity contribution in [2.75, 3.05) is 0 Å². The summed E-state index contributed by atoms with van der Waals surface area (Å²) in [5, 5.41) is 15.5. The molecule has 0 N–H and O–H groups in total. The van der Waals surface area contributed by atoms with Crippen LogP contribution in [0.3, 0.4) is 0 Å². The van der Waals surface area contributed by atoms with Gasteiger partial charge in [0.05, 0.1) is 23.8 Å². The first kappa shape index (κ1) is 23.1. The van der Waals surface area contributed by atoms with Crippen molar-refractivity contribution in [3.8, 4) is 0 Å². The molecule has 0 radical (unpaired) electrons. The minimum atomic E-state index is 0.834. The lowest BCUT2D eigenvalue weighted by atomic mass is 9.92. The summed E-state index contributed by atoms with van der Waals surface area (Å²) < 4.78 is 0. The molecular formula is C40H24N2. The Hall–Kier alpha value is -5.60. The van der Waals surface area contributed by atoms with Gasteiger partial charge in [-0.2, -0.15) is 0 Å². The van der Waals surface area contributed by atoms with Gasteiger partial charge in [-0.25, -0.2) is 0 Å². The average Bonchev–Trinajstić information content (AvgIpc) is 3.05. The zero-order chi connectivity index (χ0) is 27.6. The van der Waals surface area contributed by atoms with E-state index in [-0.39, 0.29) is 0 Å². The van der Waals surface area contributed by atoms with Crippen molar-refractivity contribution in [3.05, 3.63) is 144 Å². The molecule has 0 aliphatic rings. The highest BCUT2D eigenvalue weighted by atomic mass is 14.8. The lowest BCUT2D eigenvalue weighted by Crippen LogP contribution is -1.88. The smallest absolute Gasteiger partial charge is 0.0813 e. The molecule has 0 bridgehead atoms. The van der Waals surface area contributed by atoms with Gasteiger partial charge in [-0.1, -0.05) is 121 Å². The molecule has 2 nitrogen and oxygen atoms in total. The minimum Gasteiger partial charge on any atom is -0.253 e. The maximum Gasteiger partial charge on any atom is 0.0813 e. The van der Waals surface area contributed by atoms with Gasteiger partial charge in [0.2, 0.25) is 0 Å². The summed E-state index contributed by atoms with van der Waals surface area (Å²) >= 11 is 0. The lowest BCUT2D eigenvalue weighted by molar-refractivity contribution is 1.16. The number of nitrogens with zero attached hydrogens (tertiary/aromatic N) is 2. The molecule has 1 heterocycles. The topological polar surface area (TPSA) is 25.8 Å². The van der Waals surface area contributed by atoms with E-state index in [1.54, 1.807) is 0 Å². The first-order chi connectivity index (χ1) is 20.8. The molecule has 42 heavy (non-hydrogen) atoms. The summed E-state index contributed by atoms with van der Waals surface area (Å²) in [6.07, 6.45) is 12.1. The Morgan fingerprint density at radius 1 is 0.333 bits per heavy atom. The normalized spacial score (nSPS) is 12.6. The SMILES string of the molecule is C(=C\c1ccc2ccc3cccc4ccc1c2c34)/c1cnc(/C=C/c2ccc3ccc4cccc5ccc2c3c45)cn1. The van der Waals surface area contributed by atoms with Gasteiger partial charge < -0.3 is 0 Å². The molecule has 1 aromatic heterocycles. The molecule has 8 aromatic carbocycles. The number of hydrogen-bond donors (Lipinski definition) is 0. The fourth-order valence-corrected chi connectivity index (χ4v) is 6.68. The van der Waals surface area contributed by atoms with Crippen LogP contribution in [0.15, 0.2) is 122 Å². The van der Waals surface area contributed by atoms with Crippen LogP contribution < -0.4 is 0 Å². The lowest BCUT2D eigenvalue weighted by Gasteiger charge is -2.12. The number of rotatable bonds is 4. The Bertz CT molecular complexity index is 2290. The van der Waals surface area contributed by atoms with Gasteiger partial charge in [0.1, 0.15) is 0 Å². The van der Waals surface area contributed by atoms with Gasteiger partial charge in [0, 0.05) is 0 Å². The Kier molecular flexibility index (Phi) is 4.93. The van der Waals surface area contributed by atoms with Crippen LogP contribution in [0, 0.1) is 0 Å². The van der Waals surface area contributed by atoms with Crippen molar-refractivity contribution < 1.29 is 0 Å². The minimum absolute atomic E-state index is 0.834. The highest BCUT2D eigenvalue weighted by Gasteiger charge is 2.11. The van der Waals surface area contributed by atoms with Crippen LogP contribution in [-0.4, -0.2) is 9.97 Å². The van der Waals surface area contributed by atoms with Crippen LogP contribution in [0.5, 0.6) is 0 Å². The molecule has 9 rings (SSSR count). The van der Waals surface area contributed by atoms with Crippen molar-refractivity contribution in [3.63, 3.8) is 0 Å². The molecule has 0 amide bonds. The van der Waals surface area contributed by atoms with Gasteiger partial charge in [-0.05, 0) is 87.9 Å². The van der Waals surface area contributed by atoms with E-state index in [4.69, 9.17) is 9.97 Å². The van der Waals surface area contributed by atoms with E-state index in [1.807, 2.05) is 24.5 Å². The molecule has 0 atom stereocenters. The third-order valence-electron chi connectivity index (χ3n) is 8.68. The quantitative estimate of drug-likeness (QED) is 0.211. The number of benzene rings is 8. The average molecular weight is 533 g/mol. The fraction of sp³-hybridized carbons (Fsp3) is 0. The van der Waals surface area contributed by atoms with E-state index < -0.39 is 0 Å². The Balaban J connectivity index is 1.03. The molecule has 2 heteroatoms. The fourth-order valence-electron chi connectivity index (χ4n) is 6.68. The van der Waals surface area contributed by atoms with Crippen molar-refractivity contribution in [1.29, 1.82) is 0 Å². The Morgan fingerprint density at radius 3 is 1.10 bits per heavy atom. The predicted octanol–water partition coefficient (Wildman–Crippen LogP) is 10.6. The standard InChI is InChI=1S/C40H24N2/c1-3-27-11-13-31-9-7-25(35-21-17-29(5-1)37(27)39(31)35)15-19-33-23-42-34(24-41-33)20-16-26-8-10-32-14-12-28-4-2-6-30-18-22-36(26)40(32)38(28)30/h1-24H/b19-15+,20-16+. The third kappa shape index (κ3) is 3.52. The van der Waals surface area contributed by atoms with Crippen molar-refractivity contribution >= 4 is 88.9 Å². The first-order valence-corrected chi connectivity index (χ1v) is 14.3. The maximum atomic E-state index is 4.70. The number of hydrogen-bond acceptors (Lipinski definition) is 2. The molecule has 0 fully saturated rings. The zero-order valence-corrected chi connectivity index (χ0v) is 22.8. The largest absolute Gasteiger partial charge is 0.253 e. The van der Waals surface area contributed by atoms with E-state index in [2.05, 4.69) is 121 Å².